The summed E-state index contributed by atoms with van der Waals surface area (Å²) in [5.41, 5.74) is 3.33. The minimum Gasteiger partial charge on any atom is -1.00 e. The van der Waals surface area contributed by atoms with Crippen LogP contribution in [-0.4, -0.2) is 83.8 Å². The first-order chi connectivity index (χ1) is 19.1. The average molecular weight is 615 g/mol. The smallest absolute Gasteiger partial charge is 0.350 e. The molecule has 0 bridgehead atoms. The summed E-state index contributed by atoms with van der Waals surface area (Å²) < 4.78 is 33.8. The van der Waals surface area contributed by atoms with Crippen molar-refractivity contribution in [1.82, 2.24) is 0 Å². The molecule has 0 radical (unpaired) electrons. The maximum atomic E-state index is 12.0. The number of carboxylic acid groups (broad SMARTS) is 1. The highest BCUT2D eigenvalue weighted by Crippen LogP contribution is 2.44. The molecule has 1 aliphatic heterocycles. The molecule has 0 unspecified atom stereocenters. The summed E-state index contributed by atoms with van der Waals surface area (Å²) in [7, 11) is 10.2. The van der Waals surface area contributed by atoms with Crippen LogP contribution in [0.5, 0.6) is 28.7 Å². The first kappa shape index (κ1) is 33.9. The van der Waals surface area contributed by atoms with E-state index in [1.807, 2.05) is 24.3 Å². The predicted octanol–water partition coefficient (Wildman–Crippen LogP) is 1.16. The first-order valence-corrected chi connectivity index (χ1v) is 13.1. The Kier molecular flexibility index (Phi) is 12.4. The summed E-state index contributed by atoms with van der Waals surface area (Å²) in [5, 5.41) is 8.32. The van der Waals surface area contributed by atoms with Gasteiger partial charge in [-0.3, -0.25) is 0 Å². The molecule has 12 heteroatoms. The van der Waals surface area contributed by atoms with Crippen molar-refractivity contribution >= 4 is 23.5 Å². The Morgan fingerprint density at radius 1 is 0.951 bits per heavy atom. The number of ether oxygens (including phenoxy) is 6. The van der Waals surface area contributed by atoms with Gasteiger partial charge in [-0.25, -0.2) is 9.59 Å². The Bertz CT molecular complexity index is 1240. The highest BCUT2D eigenvalue weighted by molar-refractivity contribution is 6.42. The second kappa shape index (κ2) is 15.0. The van der Waals surface area contributed by atoms with Gasteiger partial charge in [-0.15, -0.1) is 0 Å². The lowest BCUT2D eigenvalue weighted by Gasteiger charge is -2.46. The molecule has 2 aromatic rings. The van der Waals surface area contributed by atoms with Gasteiger partial charge in [-0.2, -0.15) is 0 Å². The lowest BCUT2D eigenvalue weighted by Crippen LogP contribution is -3.00. The van der Waals surface area contributed by atoms with Gasteiger partial charge < -0.3 is 50.4 Å². The maximum Gasteiger partial charge on any atom is 0.350 e. The van der Waals surface area contributed by atoms with E-state index in [2.05, 4.69) is 7.05 Å². The monoisotopic (exact) mass is 613 g/mol. The van der Waals surface area contributed by atoms with Gasteiger partial charge in [0.05, 0.1) is 62.3 Å². The van der Waals surface area contributed by atoms with E-state index in [1.165, 1.54) is 5.56 Å². The van der Waals surface area contributed by atoms with Crippen LogP contribution in [0.15, 0.2) is 35.4 Å². The molecule has 0 fully saturated rings. The number of hydrogen-bond acceptors (Lipinski definition) is 8. The van der Waals surface area contributed by atoms with Crippen LogP contribution in [0.2, 0.25) is 0 Å². The van der Waals surface area contributed by atoms with Crippen molar-refractivity contribution in [2.45, 2.75) is 25.3 Å². The van der Waals surface area contributed by atoms with Crippen LogP contribution in [0.4, 0.5) is 0 Å². The minimum atomic E-state index is -1.31. The number of halogens is 2. The lowest BCUT2D eigenvalue weighted by atomic mass is 9.86. The number of carboxylic acids is 1. The zero-order chi connectivity index (χ0) is 29.4. The van der Waals surface area contributed by atoms with E-state index in [0.717, 1.165) is 24.1 Å². The van der Waals surface area contributed by atoms with Crippen molar-refractivity contribution in [3.05, 3.63) is 52.1 Å². The van der Waals surface area contributed by atoms with Gasteiger partial charge >= 0.3 is 11.9 Å². The van der Waals surface area contributed by atoms with Crippen LogP contribution < -0.4 is 36.1 Å². The molecule has 2 aromatic carbocycles. The molecular weight excluding hydrogens is 577 g/mol. The van der Waals surface area contributed by atoms with Crippen molar-refractivity contribution in [2.75, 3.05) is 62.3 Å². The number of quaternary nitrogens is 1. The number of methoxy groups -OCH3 is 5. The van der Waals surface area contributed by atoms with Gasteiger partial charge in [-0.05, 0) is 35.4 Å². The van der Waals surface area contributed by atoms with Crippen LogP contribution in [-0.2, 0) is 27.2 Å². The first-order valence-electron chi connectivity index (χ1n) is 12.8. The largest absolute Gasteiger partial charge is 1.00 e. The number of esters is 1. The molecule has 1 heterocycles. The molecule has 3 rings (SSSR count). The van der Waals surface area contributed by atoms with Crippen LogP contribution in [0.1, 0.15) is 29.2 Å². The Balaban J connectivity index is 0.00000588. The SMILES string of the molecule is COc1cc2c(cc1OC)[C@@H](Cc1cc(OC)c(OC)c(OC)c1)[N@+](C)(CCCOC(=O)/C(Cl)=C/C(=O)O)CC2.[Cl-]. The number of rotatable bonds is 13. The third kappa shape index (κ3) is 7.90. The van der Waals surface area contributed by atoms with E-state index in [9.17, 15) is 9.59 Å². The Morgan fingerprint density at radius 2 is 1.54 bits per heavy atom. The number of hydrogen-bond donors (Lipinski definition) is 1. The fourth-order valence-electron chi connectivity index (χ4n) is 5.23. The number of fused-ring (bicyclic) bond motifs is 1. The standard InChI is InChI=1S/C29H36ClNO9.ClH/c1-31(9-7-11-40-29(34)21(30)17-27(32)33)10-8-19-15-23(35-2)24(36-3)16-20(19)22(31)12-18-13-25(37-4)28(39-6)26(14-18)38-5;/h13-17,22H,7-12H2,1-6H3;1H/b21-17-;/t22-,31-;/m1./s1. The summed E-state index contributed by atoms with van der Waals surface area (Å²) in [4.78, 5) is 22.8. The van der Waals surface area contributed by atoms with Crippen molar-refractivity contribution in [3.8, 4) is 28.7 Å². The number of nitrogens with zero attached hydrogens (tertiary/aromatic N) is 1. The van der Waals surface area contributed by atoms with Gasteiger partial charge in [0.25, 0.3) is 0 Å². The second-order valence-corrected chi connectivity index (χ2v) is 10.1. The van der Waals surface area contributed by atoms with E-state index in [4.69, 9.17) is 45.1 Å². The quantitative estimate of drug-likeness (QED) is 0.154. The normalized spacial score (nSPS) is 17.9. The predicted molar refractivity (Wildman–Crippen MR) is 149 cm³/mol. The molecule has 0 saturated heterocycles. The number of carbonyl (C=O) groups excluding carboxylic acids is 1. The molecule has 0 aromatic heterocycles. The molecular formula is C29H37Cl2NO9. The molecule has 0 spiro atoms. The van der Waals surface area contributed by atoms with Gasteiger partial charge in [-0.1, -0.05) is 11.6 Å². The molecule has 41 heavy (non-hydrogen) atoms. The van der Waals surface area contributed by atoms with Crippen LogP contribution in [0.3, 0.4) is 0 Å². The summed E-state index contributed by atoms with van der Waals surface area (Å²) in [5.74, 6) is 0.842. The van der Waals surface area contributed by atoms with Crippen LogP contribution >= 0.6 is 11.6 Å². The molecule has 1 N–H and O–H groups in total. The topological polar surface area (TPSA) is 110 Å². The van der Waals surface area contributed by atoms with Gasteiger partial charge in [0, 0.05) is 30.9 Å². The lowest BCUT2D eigenvalue weighted by molar-refractivity contribution is -0.941. The molecule has 0 saturated carbocycles. The molecule has 2 atom stereocenters. The average Bonchev–Trinajstić information content (AvgIpc) is 2.95. The molecule has 0 aliphatic carbocycles. The number of likely N-dealkylation sites (N-methyl/N-ethyl adjacent to an activating group) is 1. The number of benzene rings is 2. The van der Waals surface area contributed by atoms with Crippen LogP contribution in [0, 0.1) is 0 Å². The zero-order valence-corrected chi connectivity index (χ0v) is 25.6. The molecule has 1 aliphatic rings. The van der Waals surface area contributed by atoms with E-state index < -0.39 is 17.0 Å². The van der Waals surface area contributed by atoms with Gasteiger partial charge in [0.2, 0.25) is 5.75 Å². The third-order valence-corrected chi connectivity index (χ3v) is 7.56. The highest BCUT2D eigenvalue weighted by Gasteiger charge is 2.40. The molecule has 226 valence electrons. The van der Waals surface area contributed by atoms with E-state index in [1.54, 1.807) is 35.5 Å². The van der Waals surface area contributed by atoms with Crippen molar-refractivity contribution < 1.29 is 60.0 Å². The van der Waals surface area contributed by atoms with E-state index in [0.29, 0.717) is 58.7 Å². The van der Waals surface area contributed by atoms with Crippen molar-refractivity contribution in [1.29, 1.82) is 0 Å². The summed E-state index contributed by atoms with van der Waals surface area (Å²) in [6, 6.07) is 8.01. The number of aliphatic carboxylic acids is 1. The molecule has 10 nitrogen and oxygen atoms in total. The highest BCUT2D eigenvalue weighted by atomic mass is 35.5. The number of carbonyl (C=O) groups is 2. The van der Waals surface area contributed by atoms with Gasteiger partial charge in [0.15, 0.2) is 23.0 Å². The Morgan fingerprint density at radius 3 is 2.07 bits per heavy atom. The second-order valence-electron chi connectivity index (χ2n) is 9.66. The van der Waals surface area contributed by atoms with E-state index in [-0.39, 0.29) is 25.1 Å². The summed E-state index contributed by atoms with van der Waals surface area (Å²) in [6.07, 6.45) is 2.65. The Hall–Kier alpha value is -3.34. The fourth-order valence-corrected chi connectivity index (χ4v) is 5.38. The van der Waals surface area contributed by atoms with E-state index >= 15 is 0 Å². The van der Waals surface area contributed by atoms with Gasteiger partial charge in [0.1, 0.15) is 11.1 Å². The summed E-state index contributed by atoms with van der Waals surface area (Å²) >= 11 is 5.73. The van der Waals surface area contributed by atoms with Crippen LogP contribution in [0.25, 0.3) is 0 Å². The zero-order valence-electron chi connectivity index (χ0n) is 24.1. The third-order valence-electron chi connectivity index (χ3n) is 7.29. The fraction of sp³-hybridized carbons (Fsp3) is 0.448. The maximum absolute atomic E-state index is 12.0. The summed E-state index contributed by atoms with van der Waals surface area (Å²) in [6.45, 7) is 1.63. The van der Waals surface area contributed by atoms with Crippen molar-refractivity contribution in [2.24, 2.45) is 0 Å². The molecule has 0 amide bonds. The van der Waals surface area contributed by atoms with Crippen molar-refractivity contribution in [3.63, 3.8) is 0 Å². The minimum absolute atomic E-state index is 0. The Labute approximate surface area is 251 Å².